The van der Waals surface area contributed by atoms with E-state index in [-0.39, 0.29) is 12.1 Å². The first-order valence-electron chi connectivity index (χ1n) is 7.43. The van der Waals surface area contributed by atoms with Gasteiger partial charge >= 0.3 is 0 Å². The van der Waals surface area contributed by atoms with E-state index in [1.165, 1.54) is 25.7 Å². The predicted octanol–water partition coefficient (Wildman–Crippen LogP) is 2.31. The molecule has 1 aliphatic carbocycles. The molecule has 0 amide bonds. The van der Waals surface area contributed by atoms with Crippen molar-refractivity contribution in [3.8, 4) is 0 Å². The Balaban J connectivity index is 1.84. The maximum atomic E-state index is 6.24. The van der Waals surface area contributed by atoms with E-state index in [1.54, 1.807) is 6.26 Å². The molecule has 4 unspecified atom stereocenters. The molecule has 2 N–H and O–H groups in total. The Labute approximate surface area is 114 Å². The standard InChI is InChI=1S/C15H24N2O2/c1-11(16)15(14-7-4-9-18-14)17-8-10-19-13-6-3-2-5-12(13)17/h4,7,9,11-13,15H,2-3,5-6,8,10,16H2,1H3. The Morgan fingerprint density at radius 2 is 2.21 bits per heavy atom. The van der Waals surface area contributed by atoms with Crippen molar-refractivity contribution in [2.45, 2.75) is 56.8 Å². The molecule has 1 saturated carbocycles. The molecule has 1 aromatic rings. The average Bonchev–Trinajstić information content (AvgIpc) is 2.93. The summed E-state index contributed by atoms with van der Waals surface area (Å²) in [4.78, 5) is 2.52. The molecule has 3 rings (SSSR count). The molecule has 0 radical (unpaired) electrons. The second-order valence-corrected chi connectivity index (χ2v) is 5.82. The summed E-state index contributed by atoms with van der Waals surface area (Å²) in [5.41, 5.74) is 6.24. The van der Waals surface area contributed by atoms with E-state index >= 15 is 0 Å². The lowest BCUT2D eigenvalue weighted by Crippen LogP contribution is -2.56. The van der Waals surface area contributed by atoms with Gasteiger partial charge in [0.1, 0.15) is 5.76 Å². The van der Waals surface area contributed by atoms with Gasteiger partial charge in [-0.1, -0.05) is 12.8 Å². The highest BCUT2D eigenvalue weighted by Gasteiger charge is 2.40. The summed E-state index contributed by atoms with van der Waals surface area (Å²) in [6.45, 7) is 3.83. The van der Waals surface area contributed by atoms with Gasteiger partial charge in [-0.15, -0.1) is 0 Å². The zero-order chi connectivity index (χ0) is 13.2. The zero-order valence-corrected chi connectivity index (χ0v) is 11.6. The summed E-state index contributed by atoms with van der Waals surface area (Å²) in [5, 5.41) is 0. The van der Waals surface area contributed by atoms with Gasteiger partial charge in [0.15, 0.2) is 0 Å². The monoisotopic (exact) mass is 264 g/mol. The van der Waals surface area contributed by atoms with E-state index in [4.69, 9.17) is 14.9 Å². The largest absolute Gasteiger partial charge is 0.468 e. The first-order chi connectivity index (χ1) is 9.27. The molecule has 0 spiro atoms. The summed E-state index contributed by atoms with van der Waals surface area (Å²) in [6.07, 6.45) is 7.12. The molecule has 0 bridgehead atoms. The minimum atomic E-state index is 0.0619. The molecular weight excluding hydrogens is 240 g/mol. The SMILES string of the molecule is CC(N)C(c1ccco1)N1CCOC2CCCCC21. The topological polar surface area (TPSA) is 51.6 Å². The first kappa shape index (κ1) is 13.2. The highest BCUT2D eigenvalue weighted by molar-refractivity contribution is 5.09. The van der Waals surface area contributed by atoms with Crippen molar-refractivity contribution >= 4 is 0 Å². The molecule has 4 heteroatoms. The van der Waals surface area contributed by atoms with E-state index in [2.05, 4.69) is 11.8 Å². The van der Waals surface area contributed by atoms with Gasteiger partial charge < -0.3 is 14.9 Å². The number of ether oxygens (including phenoxy) is 1. The van der Waals surface area contributed by atoms with Gasteiger partial charge in [0, 0.05) is 18.6 Å². The molecule has 1 aromatic heterocycles. The molecule has 1 aliphatic heterocycles. The van der Waals surface area contributed by atoms with Crippen LogP contribution in [0.4, 0.5) is 0 Å². The smallest absolute Gasteiger partial charge is 0.122 e. The molecule has 2 fully saturated rings. The van der Waals surface area contributed by atoms with Gasteiger partial charge in [0.25, 0.3) is 0 Å². The van der Waals surface area contributed by atoms with Gasteiger partial charge in [-0.2, -0.15) is 0 Å². The number of hydrogen-bond acceptors (Lipinski definition) is 4. The Bertz CT molecular complexity index is 389. The number of furan rings is 1. The Kier molecular flexibility index (Phi) is 3.91. The van der Waals surface area contributed by atoms with Crippen molar-refractivity contribution in [1.29, 1.82) is 0 Å². The lowest BCUT2D eigenvalue weighted by molar-refractivity contribution is -0.108. The lowest BCUT2D eigenvalue weighted by Gasteiger charge is -2.47. The lowest BCUT2D eigenvalue weighted by atomic mass is 9.88. The van der Waals surface area contributed by atoms with Crippen LogP contribution in [0.15, 0.2) is 22.8 Å². The predicted molar refractivity (Wildman–Crippen MR) is 73.8 cm³/mol. The molecule has 0 aromatic carbocycles. The van der Waals surface area contributed by atoms with Crippen LogP contribution in [0.5, 0.6) is 0 Å². The van der Waals surface area contributed by atoms with Gasteiger partial charge in [-0.3, -0.25) is 4.90 Å². The van der Waals surface area contributed by atoms with Crippen LogP contribution >= 0.6 is 0 Å². The van der Waals surface area contributed by atoms with Gasteiger partial charge in [-0.05, 0) is 31.9 Å². The quantitative estimate of drug-likeness (QED) is 0.910. The minimum Gasteiger partial charge on any atom is -0.468 e. The summed E-state index contributed by atoms with van der Waals surface area (Å²) < 4.78 is 11.6. The van der Waals surface area contributed by atoms with Gasteiger partial charge in [0.2, 0.25) is 0 Å². The van der Waals surface area contributed by atoms with E-state index in [9.17, 15) is 0 Å². The third kappa shape index (κ3) is 2.57. The van der Waals surface area contributed by atoms with Crippen molar-refractivity contribution in [3.05, 3.63) is 24.2 Å². The normalized spacial score (nSPS) is 31.7. The fourth-order valence-corrected chi connectivity index (χ4v) is 3.66. The van der Waals surface area contributed by atoms with Crippen molar-refractivity contribution in [1.82, 2.24) is 4.90 Å². The second-order valence-electron chi connectivity index (χ2n) is 5.82. The van der Waals surface area contributed by atoms with Crippen LogP contribution in [0.3, 0.4) is 0 Å². The summed E-state index contributed by atoms with van der Waals surface area (Å²) >= 11 is 0. The summed E-state index contributed by atoms with van der Waals surface area (Å²) in [5.74, 6) is 0.987. The van der Waals surface area contributed by atoms with Crippen LogP contribution < -0.4 is 5.73 Å². The first-order valence-corrected chi connectivity index (χ1v) is 7.43. The van der Waals surface area contributed by atoms with E-state index in [1.807, 2.05) is 12.1 Å². The highest BCUT2D eigenvalue weighted by Crippen LogP contribution is 2.35. The average molecular weight is 264 g/mol. The Morgan fingerprint density at radius 1 is 1.37 bits per heavy atom. The molecule has 2 heterocycles. The maximum absolute atomic E-state index is 6.24. The number of hydrogen-bond donors (Lipinski definition) is 1. The van der Waals surface area contributed by atoms with Crippen LogP contribution in [0.2, 0.25) is 0 Å². The Morgan fingerprint density at radius 3 is 2.95 bits per heavy atom. The fourth-order valence-electron chi connectivity index (χ4n) is 3.66. The molecule has 4 atom stereocenters. The van der Waals surface area contributed by atoms with Crippen LogP contribution in [0.25, 0.3) is 0 Å². The van der Waals surface area contributed by atoms with Crippen LogP contribution in [-0.2, 0) is 4.74 Å². The molecule has 2 aliphatic rings. The number of fused-ring (bicyclic) bond motifs is 1. The maximum Gasteiger partial charge on any atom is 0.122 e. The zero-order valence-electron chi connectivity index (χ0n) is 11.6. The number of nitrogens with two attached hydrogens (primary N) is 1. The van der Waals surface area contributed by atoms with E-state index < -0.39 is 0 Å². The van der Waals surface area contributed by atoms with Crippen molar-refractivity contribution < 1.29 is 9.15 Å². The fraction of sp³-hybridized carbons (Fsp3) is 0.733. The van der Waals surface area contributed by atoms with Crippen LogP contribution in [0, 0.1) is 0 Å². The highest BCUT2D eigenvalue weighted by atomic mass is 16.5. The molecular formula is C15H24N2O2. The van der Waals surface area contributed by atoms with Crippen LogP contribution in [-0.4, -0.2) is 36.2 Å². The summed E-state index contributed by atoms with van der Waals surface area (Å²) in [6, 6.07) is 4.73. The van der Waals surface area contributed by atoms with Crippen LogP contribution in [0.1, 0.15) is 44.4 Å². The van der Waals surface area contributed by atoms with Crippen molar-refractivity contribution in [2.75, 3.05) is 13.2 Å². The number of nitrogens with zero attached hydrogens (tertiary/aromatic N) is 1. The van der Waals surface area contributed by atoms with E-state index in [0.29, 0.717) is 12.1 Å². The second kappa shape index (κ2) is 5.65. The van der Waals surface area contributed by atoms with E-state index in [0.717, 1.165) is 18.9 Å². The number of morpholine rings is 1. The molecule has 1 saturated heterocycles. The molecule has 4 nitrogen and oxygen atoms in total. The molecule has 19 heavy (non-hydrogen) atoms. The minimum absolute atomic E-state index is 0.0619. The van der Waals surface area contributed by atoms with Crippen molar-refractivity contribution in [2.24, 2.45) is 5.73 Å². The Hall–Kier alpha value is -0.840. The number of rotatable bonds is 3. The van der Waals surface area contributed by atoms with Crippen molar-refractivity contribution in [3.63, 3.8) is 0 Å². The van der Waals surface area contributed by atoms with Gasteiger partial charge in [-0.25, -0.2) is 0 Å². The molecule has 106 valence electrons. The summed E-state index contributed by atoms with van der Waals surface area (Å²) in [7, 11) is 0. The van der Waals surface area contributed by atoms with Gasteiger partial charge in [0.05, 0.1) is 25.0 Å². The third-order valence-electron chi connectivity index (χ3n) is 4.47. The third-order valence-corrected chi connectivity index (χ3v) is 4.47.